The molecule has 0 spiro atoms. The van der Waals surface area contributed by atoms with Crippen LogP contribution in [0.3, 0.4) is 0 Å². The molecule has 5 nitrogen and oxygen atoms in total. The van der Waals surface area contributed by atoms with Gasteiger partial charge < -0.3 is 9.64 Å². The summed E-state index contributed by atoms with van der Waals surface area (Å²) in [5, 5.41) is 0. The zero-order valence-electron chi connectivity index (χ0n) is 15.3. The van der Waals surface area contributed by atoms with Crippen LogP contribution < -0.4 is 9.64 Å². The Bertz CT molecular complexity index is 818. The second kappa shape index (κ2) is 9.71. The Morgan fingerprint density at radius 1 is 0.889 bits per heavy atom. The third kappa shape index (κ3) is 5.29. The molecule has 0 bridgehead atoms. The summed E-state index contributed by atoms with van der Waals surface area (Å²) in [6, 6.07) is 22.4. The number of pyridine rings is 1. The molecular weight excluding hydrogens is 362 g/mol. The van der Waals surface area contributed by atoms with Crippen molar-refractivity contribution in [3.05, 3.63) is 84.7 Å². The molecule has 0 atom stereocenters. The quantitative estimate of drug-likeness (QED) is 0.628. The lowest BCUT2D eigenvalue weighted by Crippen LogP contribution is -2.29. The van der Waals surface area contributed by atoms with Crippen LogP contribution in [0.1, 0.15) is 5.69 Å². The Kier molecular flexibility index (Phi) is 7.34. The van der Waals surface area contributed by atoms with Gasteiger partial charge in [0, 0.05) is 12.7 Å². The SMILES string of the molecule is CN(C)Cc1ncccc1OC(=O)N(c1ccccc1)c1ccccc1.Cl. The van der Waals surface area contributed by atoms with Gasteiger partial charge in [-0.2, -0.15) is 0 Å². The summed E-state index contributed by atoms with van der Waals surface area (Å²) in [6.45, 7) is 0.583. The second-order valence-corrected chi connectivity index (χ2v) is 6.06. The molecule has 0 aliphatic carbocycles. The Morgan fingerprint density at radius 3 is 1.96 bits per heavy atom. The van der Waals surface area contributed by atoms with Gasteiger partial charge in [-0.05, 0) is 50.5 Å². The van der Waals surface area contributed by atoms with Crippen molar-refractivity contribution in [2.45, 2.75) is 6.54 Å². The van der Waals surface area contributed by atoms with E-state index in [1.165, 1.54) is 0 Å². The first-order valence-electron chi connectivity index (χ1n) is 8.36. The summed E-state index contributed by atoms with van der Waals surface area (Å²) in [7, 11) is 3.89. The van der Waals surface area contributed by atoms with Crippen LogP contribution in [0.25, 0.3) is 0 Å². The minimum Gasteiger partial charge on any atom is -0.408 e. The van der Waals surface area contributed by atoms with E-state index in [0.29, 0.717) is 18.0 Å². The molecule has 0 saturated heterocycles. The molecule has 0 aliphatic rings. The van der Waals surface area contributed by atoms with Crippen LogP contribution in [-0.2, 0) is 6.54 Å². The lowest BCUT2D eigenvalue weighted by molar-refractivity contribution is 0.209. The number of hydrogen-bond donors (Lipinski definition) is 0. The van der Waals surface area contributed by atoms with E-state index in [0.717, 1.165) is 11.4 Å². The van der Waals surface area contributed by atoms with E-state index in [2.05, 4.69) is 4.98 Å². The van der Waals surface area contributed by atoms with Gasteiger partial charge in [0.15, 0.2) is 5.75 Å². The van der Waals surface area contributed by atoms with Crippen LogP contribution in [-0.4, -0.2) is 30.1 Å². The molecule has 3 aromatic rings. The monoisotopic (exact) mass is 383 g/mol. The fraction of sp³-hybridized carbons (Fsp3) is 0.143. The van der Waals surface area contributed by atoms with Crippen molar-refractivity contribution in [2.75, 3.05) is 19.0 Å². The molecule has 0 unspecified atom stereocenters. The highest BCUT2D eigenvalue weighted by Crippen LogP contribution is 2.27. The number of amides is 1. The topological polar surface area (TPSA) is 45.7 Å². The number of rotatable bonds is 5. The number of anilines is 2. The maximum Gasteiger partial charge on any atom is 0.424 e. The van der Waals surface area contributed by atoms with E-state index >= 15 is 0 Å². The lowest BCUT2D eigenvalue weighted by atomic mass is 10.2. The maximum absolute atomic E-state index is 13.0. The predicted octanol–water partition coefficient (Wildman–Crippen LogP) is 4.90. The van der Waals surface area contributed by atoms with Crippen LogP contribution in [0.15, 0.2) is 79.0 Å². The Balaban J connectivity index is 0.00000261. The minimum absolute atomic E-state index is 0. The number of halogens is 1. The van der Waals surface area contributed by atoms with Gasteiger partial charge in [0.25, 0.3) is 0 Å². The van der Waals surface area contributed by atoms with Crippen molar-refractivity contribution in [1.82, 2.24) is 9.88 Å². The molecule has 0 fully saturated rings. The van der Waals surface area contributed by atoms with Gasteiger partial charge in [-0.25, -0.2) is 9.69 Å². The van der Waals surface area contributed by atoms with Gasteiger partial charge in [-0.15, -0.1) is 12.4 Å². The van der Waals surface area contributed by atoms with Crippen LogP contribution >= 0.6 is 12.4 Å². The number of benzene rings is 2. The number of nitrogens with zero attached hydrogens (tertiary/aromatic N) is 3. The zero-order valence-corrected chi connectivity index (χ0v) is 16.1. The van der Waals surface area contributed by atoms with Crippen LogP contribution in [0, 0.1) is 0 Å². The van der Waals surface area contributed by atoms with Crippen LogP contribution in [0.5, 0.6) is 5.75 Å². The van der Waals surface area contributed by atoms with Crippen molar-refractivity contribution in [2.24, 2.45) is 0 Å². The zero-order chi connectivity index (χ0) is 18.4. The molecule has 1 aromatic heterocycles. The number of hydrogen-bond acceptors (Lipinski definition) is 4. The van der Waals surface area contributed by atoms with Crippen molar-refractivity contribution in [3.8, 4) is 5.75 Å². The normalized spacial score (nSPS) is 10.2. The molecule has 0 N–H and O–H groups in total. The van der Waals surface area contributed by atoms with Crippen molar-refractivity contribution in [3.63, 3.8) is 0 Å². The van der Waals surface area contributed by atoms with Crippen LogP contribution in [0.2, 0.25) is 0 Å². The Labute approximate surface area is 165 Å². The average Bonchev–Trinajstić information content (AvgIpc) is 2.65. The van der Waals surface area contributed by atoms with Gasteiger partial charge in [0.05, 0.1) is 17.1 Å². The third-order valence-corrected chi connectivity index (χ3v) is 3.72. The number of carbonyl (C=O) groups excluding carboxylic acids is 1. The molecule has 27 heavy (non-hydrogen) atoms. The lowest BCUT2D eigenvalue weighted by Gasteiger charge is -2.23. The summed E-state index contributed by atoms with van der Waals surface area (Å²) in [5.41, 5.74) is 2.19. The van der Waals surface area contributed by atoms with Crippen molar-refractivity contribution in [1.29, 1.82) is 0 Å². The summed E-state index contributed by atoms with van der Waals surface area (Å²) in [5.74, 6) is 0.461. The predicted molar refractivity (Wildman–Crippen MR) is 110 cm³/mol. The number of aromatic nitrogens is 1. The van der Waals surface area contributed by atoms with E-state index in [9.17, 15) is 4.79 Å². The molecule has 2 aromatic carbocycles. The smallest absolute Gasteiger partial charge is 0.408 e. The first-order valence-corrected chi connectivity index (χ1v) is 8.36. The average molecular weight is 384 g/mol. The van der Waals surface area contributed by atoms with Gasteiger partial charge in [-0.3, -0.25) is 4.98 Å². The minimum atomic E-state index is -0.476. The molecule has 0 aliphatic heterocycles. The number of para-hydroxylation sites is 2. The van der Waals surface area contributed by atoms with E-state index in [1.54, 1.807) is 23.2 Å². The molecule has 3 rings (SSSR count). The highest BCUT2D eigenvalue weighted by atomic mass is 35.5. The standard InChI is InChI=1S/C21H21N3O2.ClH/c1-23(2)16-19-20(14-9-15-22-19)26-21(25)24(17-10-5-3-6-11-17)18-12-7-4-8-13-18;/h3-15H,16H2,1-2H3;1H. The Morgan fingerprint density at radius 2 is 1.44 bits per heavy atom. The van der Waals surface area contributed by atoms with E-state index in [4.69, 9.17) is 4.74 Å². The van der Waals surface area contributed by atoms with E-state index < -0.39 is 6.09 Å². The van der Waals surface area contributed by atoms with Gasteiger partial charge in [-0.1, -0.05) is 36.4 Å². The maximum atomic E-state index is 13.0. The van der Waals surface area contributed by atoms with Gasteiger partial charge in [0.2, 0.25) is 0 Å². The molecular formula is C21H22ClN3O2. The fourth-order valence-corrected chi connectivity index (χ4v) is 2.59. The molecule has 1 amide bonds. The summed E-state index contributed by atoms with van der Waals surface area (Å²) >= 11 is 0. The first-order chi connectivity index (χ1) is 12.6. The molecule has 6 heteroatoms. The van der Waals surface area contributed by atoms with E-state index in [-0.39, 0.29) is 12.4 Å². The van der Waals surface area contributed by atoms with Gasteiger partial charge >= 0.3 is 6.09 Å². The van der Waals surface area contributed by atoms with Crippen molar-refractivity contribution >= 4 is 29.9 Å². The first kappa shape index (κ1) is 20.4. The molecule has 0 radical (unpaired) electrons. The molecule has 0 saturated carbocycles. The summed E-state index contributed by atoms with van der Waals surface area (Å²) in [4.78, 5) is 20.9. The highest BCUT2D eigenvalue weighted by Gasteiger charge is 2.21. The second-order valence-electron chi connectivity index (χ2n) is 6.06. The summed E-state index contributed by atoms with van der Waals surface area (Å²) < 4.78 is 5.72. The fourth-order valence-electron chi connectivity index (χ4n) is 2.59. The van der Waals surface area contributed by atoms with Crippen molar-refractivity contribution < 1.29 is 9.53 Å². The van der Waals surface area contributed by atoms with Crippen LogP contribution in [0.4, 0.5) is 16.2 Å². The Hall–Kier alpha value is -2.89. The summed E-state index contributed by atoms with van der Waals surface area (Å²) in [6.07, 6.45) is 1.22. The number of ether oxygens (including phenoxy) is 1. The van der Waals surface area contributed by atoms with Gasteiger partial charge in [0.1, 0.15) is 0 Å². The van der Waals surface area contributed by atoms with E-state index in [1.807, 2.05) is 79.7 Å². The number of carbonyl (C=O) groups is 1. The molecule has 140 valence electrons. The highest BCUT2D eigenvalue weighted by molar-refractivity contribution is 5.97. The largest absolute Gasteiger partial charge is 0.424 e. The molecule has 1 heterocycles. The third-order valence-electron chi connectivity index (χ3n) is 3.72.